The van der Waals surface area contributed by atoms with E-state index in [1.807, 2.05) is 31.2 Å². The first-order chi connectivity index (χ1) is 11.5. The Kier molecular flexibility index (Phi) is 6.21. The van der Waals surface area contributed by atoms with E-state index in [1.165, 1.54) is 0 Å². The van der Waals surface area contributed by atoms with Gasteiger partial charge in [-0.05, 0) is 64.8 Å². The highest BCUT2D eigenvalue weighted by molar-refractivity contribution is 9.10. The number of halogens is 1. The molecule has 0 aromatic heterocycles. The lowest BCUT2D eigenvalue weighted by molar-refractivity contribution is -0.123. The molecule has 0 fully saturated rings. The van der Waals surface area contributed by atoms with E-state index in [0.29, 0.717) is 11.3 Å². The van der Waals surface area contributed by atoms with E-state index >= 15 is 0 Å². The number of hydrogen-bond donors (Lipinski definition) is 1. The zero-order valence-electron chi connectivity index (χ0n) is 13.4. The Labute approximate surface area is 149 Å². The molecule has 0 bridgehead atoms. The Bertz CT molecular complexity index is 754. The largest absolute Gasteiger partial charge is 0.496 e. The van der Waals surface area contributed by atoms with Gasteiger partial charge in [0, 0.05) is 0 Å². The predicted octanol–water partition coefficient (Wildman–Crippen LogP) is 3.59. The van der Waals surface area contributed by atoms with Gasteiger partial charge >= 0.3 is 0 Å². The summed E-state index contributed by atoms with van der Waals surface area (Å²) in [5.41, 5.74) is 1.50. The van der Waals surface area contributed by atoms with Crippen LogP contribution in [0.25, 0.3) is 0 Å². The van der Waals surface area contributed by atoms with Crippen LogP contribution >= 0.6 is 15.9 Å². The quantitative estimate of drug-likeness (QED) is 0.820. The van der Waals surface area contributed by atoms with Crippen molar-refractivity contribution in [3.8, 4) is 17.6 Å². The molecule has 5 nitrogen and oxygen atoms in total. The van der Waals surface area contributed by atoms with E-state index in [-0.39, 0.29) is 18.6 Å². The monoisotopic (exact) mass is 388 g/mol. The number of carbonyl (C=O) groups excluding carboxylic acids is 1. The van der Waals surface area contributed by atoms with Gasteiger partial charge in [-0.15, -0.1) is 0 Å². The summed E-state index contributed by atoms with van der Waals surface area (Å²) in [6.45, 7) is 1.81. The highest BCUT2D eigenvalue weighted by Gasteiger charge is 2.12. The maximum absolute atomic E-state index is 12.0. The smallest absolute Gasteiger partial charge is 0.258 e. The Hall–Kier alpha value is -2.52. The van der Waals surface area contributed by atoms with Crippen LogP contribution in [0.4, 0.5) is 0 Å². The van der Waals surface area contributed by atoms with E-state index in [9.17, 15) is 4.79 Å². The van der Waals surface area contributed by atoms with Crippen molar-refractivity contribution >= 4 is 21.8 Å². The molecule has 1 amide bonds. The van der Waals surface area contributed by atoms with Crippen LogP contribution in [0.1, 0.15) is 24.1 Å². The molecule has 2 aromatic rings. The first-order valence-corrected chi connectivity index (χ1v) is 8.08. The van der Waals surface area contributed by atoms with Gasteiger partial charge in [0.1, 0.15) is 11.5 Å². The molecule has 0 heterocycles. The van der Waals surface area contributed by atoms with Gasteiger partial charge in [-0.1, -0.05) is 6.07 Å². The lowest BCUT2D eigenvalue weighted by Crippen LogP contribution is -2.31. The van der Waals surface area contributed by atoms with E-state index < -0.39 is 0 Å². The van der Waals surface area contributed by atoms with Crippen molar-refractivity contribution in [2.75, 3.05) is 13.7 Å². The number of benzene rings is 2. The van der Waals surface area contributed by atoms with Gasteiger partial charge in [0.2, 0.25) is 0 Å². The summed E-state index contributed by atoms with van der Waals surface area (Å²) in [5, 5.41) is 11.6. The van der Waals surface area contributed by atoms with Crippen molar-refractivity contribution < 1.29 is 14.3 Å². The molecule has 0 unspecified atom stereocenters. The van der Waals surface area contributed by atoms with E-state index in [1.54, 1.807) is 31.4 Å². The summed E-state index contributed by atoms with van der Waals surface area (Å²) in [7, 11) is 1.60. The standard InChI is InChI=1S/C18H17BrN2O3/c1-12(14-5-8-17(23-2)16(19)9-14)21-18(22)11-24-15-6-3-13(10-20)4-7-15/h3-9,12H,11H2,1-2H3,(H,21,22)/t12-/m0/s1. The highest BCUT2D eigenvalue weighted by Crippen LogP contribution is 2.27. The molecule has 2 aromatic carbocycles. The molecule has 1 N–H and O–H groups in total. The first-order valence-electron chi connectivity index (χ1n) is 7.29. The van der Waals surface area contributed by atoms with E-state index in [4.69, 9.17) is 14.7 Å². The maximum Gasteiger partial charge on any atom is 0.258 e. The lowest BCUT2D eigenvalue weighted by atomic mass is 10.1. The molecule has 0 aliphatic carbocycles. The minimum atomic E-state index is -0.223. The van der Waals surface area contributed by atoms with E-state index in [0.717, 1.165) is 15.8 Å². The molecule has 0 aliphatic rings. The number of amides is 1. The molecule has 6 heteroatoms. The first kappa shape index (κ1) is 17.8. The minimum absolute atomic E-state index is 0.0897. The van der Waals surface area contributed by atoms with Crippen LogP contribution in [-0.4, -0.2) is 19.6 Å². The summed E-state index contributed by atoms with van der Waals surface area (Å²) >= 11 is 3.43. The van der Waals surface area contributed by atoms with Gasteiger partial charge in [-0.25, -0.2) is 0 Å². The SMILES string of the molecule is COc1ccc([C@H](C)NC(=O)COc2ccc(C#N)cc2)cc1Br. The maximum atomic E-state index is 12.0. The Morgan fingerprint density at radius 1 is 1.29 bits per heavy atom. The van der Waals surface area contributed by atoms with Crippen molar-refractivity contribution in [2.24, 2.45) is 0 Å². The molecular formula is C18H17BrN2O3. The van der Waals surface area contributed by atoms with Crippen molar-refractivity contribution in [1.82, 2.24) is 5.32 Å². The van der Waals surface area contributed by atoms with Crippen LogP contribution in [0.2, 0.25) is 0 Å². The zero-order chi connectivity index (χ0) is 17.5. The van der Waals surface area contributed by atoms with Gasteiger partial charge in [0.25, 0.3) is 5.91 Å². The molecule has 0 saturated heterocycles. The third kappa shape index (κ3) is 4.74. The van der Waals surface area contributed by atoms with Crippen LogP contribution in [0.15, 0.2) is 46.9 Å². The van der Waals surface area contributed by atoms with Crippen LogP contribution < -0.4 is 14.8 Å². The minimum Gasteiger partial charge on any atom is -0.496 e. The summed E-state index contributed by atoms with van der Waals surface area (Å²) in [4.78, 5) is 12.0. The number of carbonyl (C=O) groups is 1. The fourth-order valence-corrected chi connectivity index (χ4v) is 2.65. The molecule has 0 spiro atoms. The van der Waals surface area contributed by atoms with Crippen molar-refractivity contribution in [3.05, 3.63) is 58.1 Å². The number of ether oxygens (including phenoxy) is 2. The second kappa shape index (κ2) is 8.37. The van der Waals surface area contributed by atoms with Crippen LogP contribution in [0.3, 0.4) is 0 Å². The molecule has 24 heavy (non-hydrogen) atoms. The second-order valence-electron chi connectivity index (χ2n) is 5.11. The Morgan fingerprint density at radius 2 is 2.00 bits per heavy atom. The van der Waals surface area contributed by atoms with Crippen LogP contribution in [-0.2, 0) is 4.79 Å². The molecule has 0 saturated carbocycles. The topological polar surface area (TPSA) is 71.3 Å². The van der Waals surface area contributed by atoms with Gasteiger partial charge in [-0.2, -0.15) is 5.26 Å². The summed E-state index contributed by atoms with van der Waals surface area (Å²) in [6, 6.07) is 14.1. The number of hydrogen-bond acceptors (Lipinski definition) is 4. The number of methoxy groups -OCH3 is 1. The number of nitrogens with one attached hydrogen (secondary N) is 1. The molecule has 0 radical (unpaired) electrons. The van der Waals surface area contributed by atoms with Gasteiger partial charge in [-0.3, -0.25) is 4.79 Å². The second-order valence-corrected chi connectivity index (χ2v) is 5.96. The number of rotatable bonds is 6. The van der Waals surface area contributed by atoms with Gasteiger partial charge < -0.3 is 14.8 Å². The fourth-order valence-electron chi connectivity index (χ4n) is 2.09. The third-order valence-corrected chi connectivity index (χ3v) is 4.03. The third-order valence-electron chi connectivity index (χ3n) is 3.41. The van der Waals surface area contributed by atoms with Crippen LogP contribution in [0, 0.1) is 11.3 Å². The highest BCUT2D eigenvalue weighted by atomic mass is 79.9. The molecule has 0 aliphatic heterocycles. The van der Waals surface area contributed by atoms with Gasteiger partial charge in [0.05, 0.1) is 29.3 Å². The lowest BCUT2D eigenvalue weighted by Gasteiger charge is -2.16. The Morgan fingerprint density at radius 3 is 2.58 bits per heavy atom. The molecular weight excluding hydrogens is 372 g/mol. The van der Waals surface area contributed by atoms with Gasteiger partial charge in [0.15, 0.2) is 6.61 Å². The number of nitrogens with zero attached hydrogens (tertiary/aromatic N) is 1. The molecule has 1 atom stereocenters. The normalized spacial score (nSPS) is 11.2. The summed E-state index contributed by atoms with van der Waals surface area (Å²) < 4.78 is 11.4. The molecule has 2 rings (SSSR count). The zero-order valence-corrected chi connectivity index (χ0v) is 15.0. The Balaban J connectivity index is 1.89. The van der Waals surface area contributed by atoms with Crippen molar-refractivity contribution in [3.63, 3.8) is 0 Å². The summed E-state index contributed by atoms with van der Waals surface area (Å²) in [6.07, 6.45) is 0. The van der Waals surface area contributed by atoms with Crippen LogP contribution in [0.5, 0.6) is 11.5 Å². The van der Waals surface area contributed by atoms with Crippen molar-refractivity contribution in [1.29, 1.82) is 5.26 Å². The molecule has 124 valence electrons. The van der Waals surface area contributed by atoms with E-state index in [2.05, 4.69) is 21.2 Å². The average Bonchev–Trinajstić information content (AvgIpc) is 2.60. The summed E-state index contributed by atoms with van der Waals surface area (Å²) in [5.74, 6) is 1.06. The predicted molar refractivity (Wildman–Crippen MR) is 93.9 cm³/mol. The average molecular weight is 389 g/mol. The fraction of sp³-hybridized carbons (Fsp3) is 0.222. The van der Waals surface area contributed by atoms with Crippen molar-refractivity contribution in [2.45, 2.75) is 13.0 Å². The number of nitriles is 1.